The molecule has 0 saturated heterocycles. The molecule has 0 heterocycles. The van der Waals surface area contributed by atoms with Crippen LogP contribution in [0.15, 0.2) is 60.7 Å². The molecular formula is C23H32NO4P. The van der Waals surface area contributed by atoms with Crippen molar-refractivity contribution in [2.45, 2.75) is 51.1 Å². The van der Waals surface area contributed by atoms with E-state index in [-0.39, 0.29) is 12.1 Å². The van der Waals surface area contributed by atoms with E-state index in [9.17, 15) is 19.4 Å². The third kappa shape index (κ3) is 8.14. The number of hydrogen-bond donors (Lipinski definition) is 3. The first kappa shape index (κ1) is 23.3. The zero-order valence-corrected chi connectivity index (χ0v) is 18.2. The third-order valence-electron chi connectivity index (χ3n) is 5.07. The van der Waals surface area contributed by atoms with Gasteiger partial charge in [-0.25, -0.2) is 0 Å². The molecule has 0 saturated carbocycles. The summed E-state index contributed by atoms with van der Waals surface area (Å²) < 4.78 is 11.6. The topological polar surface area (TPSA) is 86.6 Å². The number of hydrogen-bond acceptors (Lipinski definition) is 3. The smallest absolute Gasteiger partial charge is 0.320 e. The molecule has 0 aliphatic carbocycles. The Labute approximate surface area is 174 Å². The molecule has 3 N–H and O–H groups in total. The van der Waals surface area contributed by atoms with E-state index in [1.165, 1.54) is 0 Å². The van der Waals surface area contributed by atoms with Crippen molar-refractivity contribution in [3.63, 3.8) is 0 Å². The molecule has 0 radical (unpaired) electrons. The minimum Gasteiger partial charge on any atom is -0.480 e. The highest BCUT2D eigenvalue weighted by Gasteiger charge is 2.35. The molecule has 0 spiro atoms. The Hall–Kier alpha value is -1.94. The predicted octanol–water partition coefficient (Wildman–Crippen LogP) is 4.16. The van der Waals surface area contributed by atoms with Crippen LogP contribution >= 0.6 is 8.03 Å². The van der Waals surface area contributed by atoms with Crippen molar-refractivity contribution in [3.05, 3.63) is 71.8 Å². The summed E-state index contributed by atoms with van der Waals surface area (Å²) in [6.45, 7) is 4.00. The van der Waals surface area contributed by atoms with Gasteiger partial charge in [0.15, 0.2) is 8.03 Å². The molecule has 0 fully saturated rings. The highest BCUT2D eigenvalue weighted by Crippen LogP contribution is 2.29. The zero-order chi connectivity index (χ0) is 21.3. The quantitative estimate of drug-likeness (QED) is 0.452. The first-order valence-electron chi connectivity index (χ1n) is 10.1. The molecule has 29 heavy (non-hydrogen) atoms. The van der Waals surface area contributed by atoms with E-state index in [0.29, 0.717) is 25.7 Å². The Morgan fingerprint density at radius 2 is 1.48 bits per heavy atom. The molecule has 158 valence electrons. The molecule has 1 unspecified atom stereocenters. The lowest BCUT2D eigenvalue weighted by Gasteiger charge is -2.38. The lowest BCUT2D eigenvalue weighted by atomic mass is 9.81. The van der Waals surface area contributed by atoms with Crippen molar-refractivity contribution < 1.29 is 19.4 Å². The van der Waals surface area contributed by atoms with Crippen LogP contribution in [0.4, 0.5) is 0 Å². The number of carbonyl (C=O) groups is 1. The second-order valence-corrected chi connectivity index (χ2v) is 9.45. The standard InChI is InChI=1S/C23H32NO4P/c1-18(2)15-21(22(25)26)24-23(13-14-29(27)28,16-19-9-5-3-6-10-19)17-20-11-7-4-8-12-20/h3-12,18,21,24,29H,13-17H2,1-2H3,(H,25,26)(H,27,28)/t21-/m0/s1. The van der Waals surface area contributed by atoms with Crippen LogP contribution < -0.4 is 5.32 Å². The summed E-state index contributed by atoms with van der Waals surface area (Å²) >= 11 is 0. The van der Waals surface area contributed by atoms with E-state index < -0.39 is 25.6 Å². The van der Waals surface area contributed by atoms with Crippen molar-refractivity contribution in [2.24, 2.45) is 5.92 Å². The second kappa shape index (κ2) is 11.3. The van der Waals surface area contributed by atoms with Crippen molar-refractivity contribution in [3.8, 4) is 0 Å². The summed E-state index contributed by atoms with van der Waals surface area (Å²) in [7, 11) is -2.67. The third-order valence-corrected chi connectivity index (χ3v) is 5.75. The number of carboxylic acid groups (broad SMARTS) is 1. The fourth-order valence-electron chi connectivity index (χ4n) is 3.80. The van der Waals surface area contributed by atoms with Crippen LogP contribution in [0.3, 0.4) is 0 Å². The van der Waals surface area contributed by atoms with Gasteiger partial charge < -0.3 is 10.00 Å². The van der Waals surface area contributed by atoms with Gasteiger partial charge in [0.25, 0.3) is 0 Å². The maximum absolute atomic E-state index is 12.0. The van der Waals surface area contributed by atoms with E-state index >= 15 is 0 Å². The summed E-state index contributed by atoms with van der Waals surface area (Å²) in [5, 5.41) is 13.2. The van der Waals surface area contributed by atoms with Crippen LogP contribution in [0.2, 0.25) is 0 Å². The summed E-state index contributed by atoms with van der Waals surface area (Å²) in [6.07, 6.45) is 2.24. The van der Waals surface area contributed by atoms with Gasteiger partial charge in [-0.1, -0.05) is 74.5 Å². The Kier molecular flexibility index (Phi) is 9.09. The molecule has 5 nitrogen and oxygen atoms in total. The van der Waals surface area contributed by atoms with Gasteiger partial charge in [0.2, 0.25) is 0 Å². The van der Waals surface area contributed by atoms with E-state index in [1.54, 1.807) is 0 Å². The van der Waals surface area contributed by atoms with Gasteiger partial charge in [-0.2, -0.15) is 0 Å². The SMILES string of the molecule is CC(C)C[C@H](NC(CC[PH](=O)O)(Cc1ccccc1)Cc1ccccc1)C(=O)O. The van der Waals surface area contributed by atoms with Crippen molar-refractivity contribution in [2.75, 3.05) is 6.16 Å². The molecule has 6 heteroatoms. The van der Waals surface area contributed by atoms with Gasteiger partial charge in [-0.05, 0) is 42.7 Å². The number of benzene rings is 2. The fraction of sp³-hybridized carbons (Fsp3) is 0.435. The molecule has 2 aromatic carbocycles. The molecule has 0 amide bonds. The van der Waals surface area contributed by atoms with Gasteiger partial charge in [0.1, 0.15) is 6.04 Å². The second-order valence-electron chi connectivity index (χ2n) is 8.16. The minimum atomic E-state index is -2.67. The maximum Gasteiger partial charge on any atom is 0.320 e. The summed E-state index contributed by atoms with van der Waals surface area (Å²) in [5.41, 5.74) is 1.51. The van der Waals surface area contributed by atoms with Gasteiger partial charge in [0.05, 0.1) is 0 Å². The van der Waals surface area contributed by atoms with E-state index in [1.807, 2.05) is 74.5 Å². The Balaban J connectivity index is 2.43. The lowest BCUT2D eigenvalue weighted by molar-refractivity contribution is -0.140. The van der Waals surface area contributed by atoms with E-state index in [2.05, 4.69) is 5.32 Å². The van der Waals surface area contributed by atoms with Crippen molar-refractivity contribution >= 4 is 14.0 Å². The normalized spacial score (nSPS) is 13.9. The number of aliphatic carboxylic acids is 1. The maximum atomic E-state index is 12.0. The van der Waals surface area contributed by atoms with Gasteiger partial charge >= 0.3 is 5.97 Å². The van der Waals surface area contributed by atoms with E-state index in [4.69, 9.17) is 0 Å². The van der Waals surface area contributed by atoms with Crippen molar-refractivity contribution in [1.82, 2.24) is 5.32 Å². The average molecular weight is 417 g/mol. The van der Waals surface area contributed by atoms with Gasteiger partial charge in [0, 0.05) is 11.7 Å². The summed E-state index contributed by atoms with van der Waals surface area (Å²) in [4.78, 5) is 21.5. The van der Waals surface area contributed by atoms with Crippen LogP contribution in [0.5, 0.6) is 0 Å². The van der Waals surface area contributed by atoms with Crippen molar-refractivity contribution in [1.29, 1.82) is 0 Å². The number of rotatable bonds is 12. The first-order valence-corrected chi connectivity index (χ1v) is 11.7. The zero-order valence-electron chi connectivity index (χ0n) is 17.2. The first-order chi connectivity index (χ1) is 13.8. The van der Waals surface area contributed by atoms with Crippen LogP contribution in [0.25, 0.3) is 0 Å². The Bertz CT molecular complexity index is 738. The predicted molar refractivity (Wildman–Crippen MR) is 118 cm³/mol. The fourth-order valence-corrected chi connectivity index (χ4v) is 4.49. The highest BCUT2D eigenvalue weighted by molar-refractivity contribution is 7.37. The molecule has 2 aromatic rings. The Morgan fingerprint density at radius 1 is 1.00 bits per heavy atom. The van der Waals surface area contributed by atoms with Crippen LogP contribution in [-0.4, -0.2) is 33.7 Å². The lowest BCUT2D eigenvalue weighted by Crippen LogP contribution is -2.56. The molecule has 0 aliphatic heterocycles. The van der Waals surface area contributed by atoms with Gasteiger partial charge in [-0.15, -0.1) is 0 Å². The van der Waals surface area contributed by atoms with E-state index in [0.717, 1.165) is 11.1 Å². The molecular weight excluding hydrogens is 385 g/mol. The largest absolute Gasteiger partial charge is 0.480 e. The molecule has 0 aliphatic rings. The van der Waals surface area contributed by atoms with Crippen LogP contribution in [-0.2, 0) is 22.2 Å². The average Bonchev–Trinajstić information content (AvgIpc) is 2.67. The number of carboxylic acids is 1. The Morgan fingerprint density at radius 3 is 1.86 bits per heavy atom. The number of nitrogens with one attached hydrogen (secondary N) is 1. The molecule has 0 bridgehead atoms. The molecule has 0 aromatic heterocycles. The summed E-state index contributed by atoms with van der Waals surface area (Å²) in [5.74, 6) is -0.674. The van der Waals surface area contributed by atoms with Gasteiger partial charge in [-0.3, -0.25) is 14.7 Å². The van der Waals surface area contributed by atoms with Crippen LogP contribution in [0.1, 0.15) is 37.8 Å². The molecule has 2 rings (SSSR count). The molecule has 2 atom stereocenters. The monoisotopic (exact) mass is 417 g/mol. The summed E-state index contributed by atoms with van der Waals surface area (Å²) in [6, 6.07) is 19.1. The minimum absolute atomic E-state index is 0.158. The highest BCUT2D eigenvalue weighted by atomic mass is 31.1. The van der Waals surface area contributed by atoms with Crippen LogP contribution in [0, 0.1) is 5.92 Å².